The van der Waals surface area contributed by atoms with Crippen LogP contribution in [-0.4, -0.2) is 58.5 Å². The first-order valence-electron chi connectivity index (χ1n) is 8.98. The zero-order valence-corrected chi connectivity index (χ0v) is 19.0. The van der Waals surface area contributed by atoms with Crippen molar-refractivity contribution >= 4 is 56.9 Å². The van der Waals surface area contributed by atoms with Crippen molar-refractivity contribution in [3.8, 4) is 5.75 Å². The minimum atomic E-state index is -4.09. The molecular formula is C19H18Cl2N2O6S2. The average Bonchev–Trinajstić information content (AvgIpc) is 3.19. The van der Waals surface area contributed by atoms with Crippen LogP contribution in [0.5, 0.6) is 5.75 Å². The van der Waals surface area contributed by atoms with Crippen molar-refractivity contribution < 1.29 is 28.2 Å². The molecule has 1 saturated heterocycles. The summed E-state index contributed by atoms with van der Waals surface area (Å²) in [5.74, 6) is -1.60. The molecule has 1 amide bonds. The topological polar surface area (TPSA) is 124 Å². The van der Waals surface area contributed by atoms with Crippen LogP contribution in [0.25, 0.3) is 0 Å². The number of rotatable bonds is 7. The van der Waals surface area contributed by atoms with Gasteiger partial charge in [0.05, 0.1) is 4.90 Å². The molecule has 2 aromatic rings. The van der Waals surface area contributed by atoms with Crippen LogP contribution >= 0.6 is 35.0 Å². The number of phenols is 1. The summed E-state index contributed by atoms with van der Waals surface area (Å²) in [6.07, 6.45) is -0.0324. The number of nitrogens with one attached hydrogen (secondary N) is 1. The Labute approximate surface area is 193 Å². The highest BCUT2D eigenvalue weighted by Gasteiger charge is 2.41. The molecule has 1 aliphatic heterocycles. The third-order valence-corrected chi connectivity index (χ3v) is 8.12. The number of halogens is 2. The van der Waals surface area contributed by atoms with Gasteiger partial charge in [-0.15, -0.1) is 11.8 Å². The molecule has 3 rings (SSSR count). The maximum absolute atomic E-state index is 13.1. The molecule has 2 atom stereocenters. The van der Waals surface area contributed by atoms with Crippen LogP contribution in [0.4, 0.5) is 0 Å². The minimum absolute atomic E-state index is 0.0315. The second kappa shape index (κ2) is 9.66. The molecule has 0 unspecified atom stereocenters. The molecule has 0 spiro atoms. The molecule has 0 saturated carbocycles. The summed E-state index contributed by atoms with van der Waals surface area (Å²) in [6, 6.07) is 8.51. The monoisotopic (exact) mass is 504 g/mol. The van der Waals surface area contributed by atoms with Gasteiger partial charge in [-0.05, 0) is 35.9 Å². The second-order valence-corrected chi connectivity index (χ2v) is 10.7. The first-order chi connectivity index (χ1) is 14.6. The quantitative estimate of drug-likeness (QED) is 0.529. The van der Waals surface area contributed by atoms with Crippen LogP contribution in [0.1, 0.15) is 5.56 Å². The molecule has 31 heavy (non-hydrogen) atoms. The van der Waals surface area contributed by atoms with Crippen LogP contribution in [-0.2, 0) is 26.0 Å². The first kappa shape index (κ1) is 23.7. The van der Waals surface area contributed by atoms with E-state index in [1.165, 1.54) is 30.3 Å². The van der Waals surface area contributed by atoms with Gasteiger partial charge in [0, 0.05) is 28.8 Å². The molecule has 0 bridgehead atoms. The SMILES string of the molecule is O=C(O)[C@H](Cc1ccc(O)cc1)NC(=O)[C@@H]1SCCN1S(=O)(=O)c1cc(Cl)cc(Cl)c1. The van der Waals surface area contributed by atoms with Crippen molar-refractivity contribution in [1.82, 2.24) is 9.62 Å². The molecule has 1 aliphatic rings. The van der Waals surface area contributed by atoms with E-state index in [1.54, 1.807) is 12.1 Å². The summed E-state index contributed by atoms with van der Waals surface area (Å²) in [5, 5.41) is 20.4. The van der Waals surface area contributed by atoms with Gasteiger partial charge in [0.25, 0.3) is 0 Å². The Hall–Kier alpha value is -1.98. The van der Waals surface area contributed by atoms with Crippen molar-refractivity contribution in [2.24, 2.45) is 0 Å². The number of aromatic hydroxyl groups is 1. The summed E-state index contributed by atoms with van der Waals surface area (Å²) >= 11 is 12.9. The van der Waals surface area contributed by atoms with Gasteiger partial charge in [-0.25, -0.2) is 13.2 Å². The Balaban J connectivity index is 1.79. The Morgan fingerprint density at radius 1 is 1.16 bits per heavy atom. The second-order valence-electron chi connectivity index (χ2n) is 6.71. The molecule has 2 aromatic carbocycles. The molecule has 0 radical (unpaired) electrons. The molecule has 0 aliphatic carbocycles. The number of aliphatic carboxylic acids is 1. The number of carbonyl (C=O) groups is 2. The van der Waals surface area contributed by atoms with Gasteiger partial charge in [0.15, 0.2) is 0 Å². The van der Waals surface area contributed by atoms with Crippen LogP contribution < -0.4 is 5.32 Å². The van der Waals surface area contributed by atoms with E-state index in [1.807, 2.05) is 0 Å². The fourth-order valence-electron chi connectivity index (χ4n) is 3.03. The number of carboxylic acids is 1. The van der Waals surface area contributed by atoms with Gasteiger partial charge in [-0.3, -0.25) is 4.79 Å². The van der Waals surface area contributed by atoms with Crippen molar-refractivity contribution in [1.29, 1.82) is 0 Å². The van der Waals surface area contributed by atoms with Crippen molar-refractivity contribution in [3.63, 3.8) is 0 Å². The van der Waals surface area contributed by atoms with Crippen molar-refractivity contribution in [2.45, 2.75) is 22.7 Å². The lowest BCUT2D eigenvalue weighted by Crippen LogP contribution is -2.50. The molecule has 3 N–H and O–H groups in total. The molecule has 1 fully saturated rings. The fraction of sp³-hybridized carbons (Fsp3) is 0.263. The van der Waals surface area contributed by atoms with Crippen LogP contribution in [0.2, 0.25) is 10.0 Å². The summed E-state index contributed by atoms with van der Waals surface area (Å²) < 4.78 is 27.2. The number of phenolic OH excluding ortho intramolecular Hbond substituents is 1. The Morgan fingerprint density at radius 3 is 2.35 bits per heavy atom. The van der Waals surface area contributed by atoms with E-state index in [-0.39, 0.29) is 33.7 Å². The highest BCUT2D eigenvalue weighted by molar-refractivity contribution is 8.02. The van der Waals surface area contributed by atoms with E-state index < -0.39 is 33.3 Å². The van der Waals surface area contributed by atoms with Crippen molar-refractivity contribution in [2.75, 3.05) is 12.3 Å². The van der Waals surface area contributed by atoms with E-state index in [4.69, 9.17) is 23.2 Å². The zero-order chi connectivity index (χ0) is 22.8. The first-order valence-corrected chi connectivity index (χ1v) is 12.2. The number of benzene rings is 2. The number of carbonyl (C=O) groups excluding carboxylic acids is 1. The average molecular weight is 505 g/mol. The summed E-state index contributed by atoms with van der Waals surface area (Å²) in [7, 11) is -4.09. The smallest absolute Gasteiger partial charge is 0.326 e. The molecule has 12 heteroatoms. The highest BCUT2D eigenvalue weighted by Crippen LogP contribution is 2.32. The third-order valence-electron chi connectivity index (χ3n) is 4.51. The number of carboxylic acid groups (broad SMARTS) is 1. The van der Waals surface area contributed by atoms with Gasteiger partial charge >= 0.3 is 5.97 Å². The Kier molecular flexibility index (Phi) is 7.38. The number of amides is 1. The number of hydrogen-bond donors (Lipinski definition) is 3. The predicted octanol–water partition coefficient (Wildman–Crippen LogP) is 2.57. The summed E-state index contributed by atoms with van der Waals surface area (Å²) in [5.41, 5.74) is 0.586. The van der Waals surface area contributed by atoms with Gasteiger partial charge in [0.1, 0.15) is 17.2 Å². The van der Waals surface area contributed by atoms with Crippen LogP contribution in [0.3, 0.4) is 0 Å². The van der Waals surface area contributed by atoms with E-state index in [0.29, 0.717) is 11.3 Å². The number of nitrogens with zero attached hydrogens (tertiary/aromatic N) is 1. The summed E-state index contributed by atoms with van der Waals surface area (Å²) in [4.78, 5) is 24.3. The van der Waals surface area contributed by atoms with Crippen LogP contribution in [0, 0.1) is 0 Å². The van der Waals surface area contributed by atoms with Gasteiger partial charge in [-0.2, -0.15) is 4.31 Å². The van der Waals surface area contributed by atoms with Gasteiger partial charge < -0.3 is 15.5 Å². The number of sulfonamides is 1. The lowest BCUT2D eigenvalue weighted by molar-refractivity contribution is -0.141. The third kappa shape index (κ3) is 5.64. The van der Waals surface area contributed by atoms with E-state index in [9.17, 15) is 28.2 Å². The number of thioether (sulfide) groups is 1. The van der Waals surface area contributed by atoms with E-state index in [0.717, 1.165) is 16.1 Å². The lowest BCUT2D eigenvalue weighted by Gasteiger charge is -2.24. The van der Waals surface area contributed by atoms with Gasteiger partial charge in [0.2, 0.25) is 15.9 Å². The number of hydrogen-bond acceptors (Lipinski definition) is 6. The van der Waals surface area contributed by atoms with E-state index in [2.05, 4.69) is 5.32 Å². The standard InChI is InChI=1S/C19H18Cl2N2O6S2/c20-12-8-13(21)10-15(9-12)31(28,29)23-5-6-30-18(23)17(25)22-16(19(26)27)7-11-1-3-14(24)4-2-11/h1-4,8-10,16,18,24H,5-7H2,(H,22,25)(H,26,27)/t16-,18-/m0/s1. The van der Waals surface area contributed by atoms with Gasteiger partial charge in [-0.1, -0.05) is 35.3 Å². The zero-order valence-electron chi connectivity index (χ0n) is 15.9. The maximum atomic E-state index is 13.1. The fourth-order valence-corrected chi connectivity index (χ4v) is 6.84. The normalized spacial score (nSPS) is 17.9. The molecule has 0 aromatic heterocycles. The predicted molar refractivity (Wildman–Crippen MR) is 118 cm³/mol. The highest BCUT2D eigenvalue weighted by atomic mass is 35.5. The Morgan fingerprint density at radius 2 is 1.77 bits per heavy atom. The lowest BCUT2D eigenvalue weighted by atomic mass is 10.1. The van der Waals surface area contributed by atoms with Crippen molar-refractivity contribution in [3.05, 3.63) is 58.1 Å². The summed E-state index contributed by atoms with van der Waals surface area (Å²) in [6.45, 7) is 0.0743. The Bertz CT molecular complexity index is 1070. The maximum Gasteiger partial charge on any atom is 0.326 e. The largest absolute Gasteiger partial charge is 0.508 e. The minimum Gasteiger partial charge on any atom is -0.508 e. The van der Waals surface area contributed by atoms with Crippen LogP contribution in [0.15, 0.2) is 47.4 Å². The molecule has 8 nitrogen and oxygen atoms in total. The molecule has 1 heterocycles. The molecule has 166 valence electrons. The molecular weight excluding hydrogens is 487 g/mol. The van der Waals surface area contributed by atoms with E-state index >= 15 is 0 Å².